The van der Waals surface area contributed by atoms with Crippen LogP contribution in [0, 0.1) is 5.82 Å². The Morgan fingerprint density at radius 3 is 2.64 bits per heavy atom. The summed E-state index contributed by atoms with van der Waals surface area (Å²) in [6.07, 6.45) is 1.29. The predicted octanol–water partition coefficient (Wildman–Crippen LogP) is 2.32. The number of carbonyl (C=O) groups excluding carboxylic acids is 1. The molecule has 1 aliphatic rings. The summed E-state index contributed by atoms with van der Waals surface area (Å²) in [6.45, 7) is 0.679. The average molecular weight is 339 g/mol. The molecule has 0 radical (unpaired) electrons. The van der Waals surface area contributed by atoms with E-state index in [0.29, 0.717) is 31.5 Å². The van der Waals surface area contributed by atoms with Crippen molar-refractivity contribution in [2.45, 2.75) is 24.8 Å². The van der Waals surface area contributed by atoms with E-state index in [9.17, 15) is 14.0 Å². The lowest BCUT2D eigenvalue weighted by Gasteiger charge is -2.16. The number of imidazole rings is 1. The highest BCUT2D eigenvalue weighted by Gasteiger charge is 2.52. The average Bonchev–Trinajstić information content (AvgIpc) is 3.35. The molecule has 0 saturated heterocycles. The fraction of sp³-hybridized carbons (Fsp3) is 0.263. The highest BCUT2D eigenvalue weighted by molar-refractivity contribution is 5.91. The van der Waals surface area contributed by atoms with Crippen LogP contribution >= 0.6 is 0 Å². The summed E-state index contributed by atoms with van der Waals surface area (Å²) in [5.41, 5.74) is 1.07. The summed E-state index contributed by atoms with van der Waals surface area (Å²) in [7, 11) is 0. The third-order valence-corrected chi connectivity index (χ3v) is 4.88. The minimum atomic E-state index is -0.753. The zero-order valence-corrected chi connectivity index (χ0v) is 13.6. The third-order valence-electron chi connectivity index (χ3n) is 4.88. The molecule has 1 heterocycles. The lowest BCUT2D eigenvalue weighted by Crippen LogP contribution is -2.37. The van der Waals surface area contributed by atoms with Crippen molar-refractivity contribution in [1.82, 2.24) is 14.9 Å². The van der Waals surface area contributed by atoms with Crippen LogP contribution in [0.25, 0.3) is 11.0 Å². The van der Waals surface area contributed by atoms with Crippen LogP contribution in [0.3, 0.4) is 0 Å². The molecule has 25 heavy (non-hydrogen) atoms. The molecule has 1 aromatic heterocycles. The van der Waals surface area contributed by atoms with Gasteiger partial charge in [0.25, 0.3) is 0 Å². The Bertz CT molecular complexity index is 1000. The summed E-state index contributed by atoms with van der Waals surface area (Å²) >= 11 is 0. The number of fused-ring (bicyclic) bond motifs is 1. The van der Waals surface area contributed by atoms with Gasteiger partial charge in [-0.2, -0.15) is 0 Å². The van der Waals surface area contributed by atoms with E-state index in [1.807, 2.05) is 24.3 Å². The molecule has 128 valence electrons. The molecule has 0 atom stereocenters. The third kappa shape index (κ3) is 2.63. The van der Waals surface area contributed by atoms with Gasteiger partial charge in [-0.25, -0.2) is 9.18 Å². The topological polar surface area (TPSA) is 66.9 Å². The standard InChI is InChI=1S/C19H18FN3O2/c20-14-6-2-1-5-13(14)19(9-10-19)17(24)21-11-12-23-16-8-4-3-7-15(16)22-18(23)25/h1-8H,9-12H2,(H,21,24)(H,22,25). The summed E-state index contributed by atoms with van der Waals surface area (Å²) in [5, 5.41) is 2.86. The Kier molecular flexibility index (Phi) is 3.67. The van der Waals surface area contributed by atoms with Crippen LogP contribution in [0.1, 0.15) is 18.4 Å². The molecule has 2 N–H and O–H groups in total. The number of aromatic nitrogens is 2. The Labute approximate surface area is 143 Å². The van der Waals surface area contributed by atoms with Crippen LogP contribution in [0.4, 0.5) is 4.39 Å². The predicted molar refractivity (Wildman–Crippen MR) is 92.9 cm³/mol. The Morgan fingerprint density at radius 1 is 1.16 bits per heavy atom. The molecule has 0 spiro atoms. The lowest BCUT2D eigenvalue weighted by atomic mass is 9.94. The van der Waals surface area contributed by atoms with Crippen molar-refractivity contribution in [3.8, 4) is 0 Å². The van der Waals surface area contributed by atoms with Crippen molar-refractivity contribution in [1.29, 1.82) is 0 Å². The van der Waals surface area contributed by atoms with Gasteiger partial charge in [-0.3, -0.25) is 9.36 Å². The molecule has 1 saturated carbocycles. The van der Waals surface area contributed by atoms with E-state index in [2.05, 4.69) is 10.3 Å². The van der Waals surface area contributed by atoms with Crippen LogP contribution in [0.15, 0.2) is 53.3 Å². The number of nitrogens with zero attached hydrogens (tertiary/aromatic N) is 1. The smallest absolute Gasteiger partial charge is 0.326 e. The van der Waals surface area contributed by atoms with E-state index >= 15 is 0 Å². The molecular weight excluding hydrogens is 321 g/mol. The normalized spacial score (nSPS) is 15.2. The van der Waals surface area contributed by atoms with Crippen molar-refractivity contribution < 1.29 is 9.18 Å². The van der Waals surface area contributed by atoms with Gasteiger partial charge in [0, 0.05) is 18.7 Å². The zero-order valence-electron chi connectivity index (χ0n) is 13.6. The molecule has 0 aliphatic heterocycles. The number of hydrogen-bond donors (Lipinski definition) is 2. The Morgan fingerprint density at radius 2 is 1.88 bits per heavy atom. The first kappa shape index (κ1) is 15.6. The molecule has 0 unspecified atom stereocenters. The van der Waals surface area contributed by atoms with Crippen molar-refractivity contribution in [2.24, 2.45) is 0 Å². The van der Waals surface area contributed by atoms with E-state index in [0.717, 1.165) is 11.0 Å². The number of carbonyl (C=O) groups is 1. The number of rotatable bonds is 5. The number of para-hydroxylation sites is 2. The first-order chi connectivity index (χ1) is 12.1. The van der Waals surface area contributed by atoms with E-state index in [4.69, 9.17) is 0 Å². The molecule has 4 rings (SSSR count). The van der Waals surface area contributed by atoms with Gasteiger partial charge in [0.05, 0.1) is 16.4 Å². The maximum Gasteiger partial charge on any atom is 0.326 e. The van der Waals surface area contributed by atoms with Crippen molar-refractivity contribution in [2.75, 3.05) is 6.54 Å². The van der Waals surface area contributed by atoms with Gasteiger partial charge in [0.1, 0.15) is 5.82 Å². The SMILES string of the molecule is O=C(NCCn1c(=O)[nH]c2ccccc21)C1(c2ccccc2F)CC1. The maximum absolute atomic E-state index is 14.0. The van der Waals surface area contributed by atoms with Gasteiger partial charge >= 0.3 is 5.69 Å². The number of benzene rings is 2. The second-order valence-corrected chi connectivity index (χ2v) is 6.42. The largest absolute Gasteiger partial charge is 0.354 e. The fourth-order valence-corrected chi connectivity index (χ4v) is 3.37. The molecule has 1 aliphatic carbocycles. The monoisotopic (exact) mass is 339 g/mol. The molecule has 1 amide bonds. The van der Waals surface area contributed by atoms with Gasteiger partial charge in [-0.15, -0.1) is 0 Å². The first-order valence-electron chi connectivity index (χ1n) is 8.33. The highest BCUT2D eigenvalue weighted by Crippen LogP contribution is 2.49. The van der Waals surface area contributed by atoms with Crippen molar-refractivity contribution in [3.05, 3.63) is 70.4 Å². The zero-order chi connectivity index (χ0) is 17.4. The minimum Gasteiger partial charge on any atom is -0.354 e. The highest BCUT2D eigenvalue weighted by atomic mass is 19.1. The number of hydrogen-bond acceptors (Lipinski definition) is 2. The van der Waals surface area contributed by atoms with Gasteiger partial charge in [0.2, 0.25) is 5.91 Å². The van der Waals surface area contributed by atoms with Gasteiger partial charge in [0.15, 0.2) is 0 Å². The van der Waals surface area contributed by atoms with E-state index < -0.39 is 5.41 Å². The Balaban J connectivity index is 1.47. The van der Waals surface area contributed by atoms with E-state index in [-0.39, 0.29) is 17.4 Å². The van der Waals surface area contributed by atoms with Crippen molar-refractivity contribution in [3.63, 3.8) is 0 Å². The van der Waals surface area contributed by atoms with Crippen LogP contribution in [0.5, 0.6) is 0 Å². The van der Waals surface area contributed by atoms with E-state index in [1.54, 1.807) is 22.8 Å². The molecule has 6 heteroatoms. The van der Waals surface area contributed by atoms with Crippen LogP contribution in [0.2, 0.25) is 0 Å². The van der Waals surface area contributed by atoms with Gasteiger partial charge in [-0.05, 0) is 31.0 Å². The molecule has 1 fully saturated rings. The molecule has 2 aromatic carbocycles. The lowest BCUT2D eigenvalue weighted by molar-refractivity contribution is -0.123. The number of aromatic amines is 1. The quantitative estimate of drug-likeness (QED) is 0.749. The van der Waals surface area contributed by atoms with Crippen molar-refractivity contribution >= 4 is 16.9 Å². The second kappa shape index (κ2) is 5.88. The molecule has 0 bridgehead atoms. The van der Waals surface area contributed by atoms with Gasteiger partial charge < -0.3 is 10.3 Å². The summed E-state index contributed by atoms with van der Waals surface area (Å²) < 4.78 is 15.6. The molecular formula is C19H18FN3O2. The fourth-order valence-electron chi connectivity index (χ4n) is 3.37. The van der Waals surface area contributed by atoms with Gasteiger partial charge in [-0.1, -0.05) is 30.3 Å². The number of nitrogens with one attached hydrogen (secondary N) is 2. The number of amides is 1. The molecule has 5 nitrogen and oxygen atoms in total. The summed E-state index contributed by atoms with van der Waals surface area (Å²) in [5.74, 6) is -0.520. The number of halogens is 1. The van der Waals surface area contributed by atoms with Crippen LogP contribution < -0.4 is 11.0 Å². The maximum atomic E-state index is 14.0. The minimum absolute atomic E-state index is 0.175. The van der Waals surface area contributed by atoms with Crippen LogP contribution in [-0.2, 0) is 16.8 Å². The summed E-state index contributed by atoms with van der Waals surface area (Å²) in [4.78, 5) is 27.4. The van der Waals surface area contributed by atoms with Crippen LogP contribution in [-0.4, -0.2) is 22.0 Å². The molecule has 3 aromatic rings. The Hall–Kier alpha value is -2.89. The number of H-pyrrole nitrogens is 1. The summed E-state index contributed by atoms with van der Waals surface area (Å²) in [6, 6.07) is 13.8. The first-order valence-corrected chi connectivity index (χ1v) is 8.33. The second-order valence-electron chi connectivity index (χ2n) is 6.42. The van der Waals surface area contributed by atoms with E-state index in [1.165, 1.54) is 6.07 Å².